The van der Waals surface area contributed by atoms with E-state index in [1.54, 1.807) is 4.90 Å². The van der Waals surface area contributed by atoms with E-state index >= 15 is 0 Å². The van der Waals surface area contributed by atoms with Crippen molar-refractivity contribution in [1.82, 2.24) is 4.90 Å². The fraction of sp³-hybridized carbons (Fsp3) is 0.870. The average Bonchev–Trinajstić information content (AvgIpc) is 3.13. The predicted octanol–water partition coefficient (Wildman–Crippen LogP) is 4.16. The molecule has 0 spiro atoms. The first-order valence-corrected chi connectivity index (χ1v) is 11.2. The van der Waals surface area contributed by atoms with Crippen LogP contribution in [0.2, 0.25) is 0 Å². The van der Waals surface area contributed by atoms with Crippen LogP contribution in [-0.4, -0.2) is 47.3 Å². The summed E-state index contributed by atoms with van der Waals surface area (Å²) in [7, 11) is 3.64. The molecule has 0 aromatic rings. The predicted molar refractivity (Wildman–Crippen MR) is 110 cm³/mol. The van der Waals surface area contributed by atoms with Gasteiger partial charge in [0.05, 0.1) is 12.2 Å². The van der Waals surface area contributed by atoms with E-state index in [0.717, 1.165) is 38.0 Å². The molecule has 0 bridgehead atoms. The molecule has 0 saturated heterocycles. The van der Waals surface area contributed by atoms with Gasteiger partial charge in [0.1, 0.15) is 0 Å². The van der Waals surface area contributed by atoms with Crippen LogP contribution in [0, 0.1) is 23.7 Å². The van der Waals surface area contributed by atoms with Crippen molar-refractivity contribution in [2.75, 3.05) is 14.1 Å². The molecule has 2 fully saturated rings. The van der Waals surface area contributed by atoms with Gasteiger partial charge in [0, 0.05) is 26.4 Å². The number of fused-ring (bicyclic) bond motifs is 1. The van der Waals surface area contributed by atoms with Crippen molar-refractivity contribution >= 4 is 5.91 Å². The third-order valence-electron chi connectivity index (χ3n) is 6.74. The molecule has 0 heterocycles. The molecule has 2 aliphatic carbocycles. The van der Waals surface area contributed by atoms with E-state index in [0.29, 0.717) is 18.3 Å². The highest BCUT2D eigenvalue weighted by atomic mass is 16.3. The van der Waals surface area contributed by atoms with Gasteiger partial charge in [-0.15, -0.1) is 0 Å². The zero-order valence-electron chi connectivity index (χ0n) is 17.6. The largest absolute Gasteiger partial charge is 0.392 e. The van der Waals surface area contributed by atoms with Crippen LogP contribution in [-0.2, 0) is 4.79 Å². The van der Waals surface area contributed by atoms with Crippen LogP contribution in [0.3, 0.4) is 0 Å². The summed E-state index contributed by atoms with van der Waals surface area (Å²) in [5, 5.41) is 20.6. The lowest BCUT2D eigenvalue weighted by Crippen LogP contribution is -2.21. The van der Waals surface area contributed by atoms with Gasteiger partial charge in [-0.25, -0.2) is 0 Å². The van der Waals surface area contributed by atoms with E-state index in [9.17, 15) is 15.0 Å². The van der Waals surface area contributed by atoms with E-state index in [1.807, 2.05) is 20.2 Å². The minimum absolute atomic E-state index is 0.219. The number of hydrogen-bond donors (Lipinski definition) is 2. The molecule has 2 saturated carbocycles. The Morgan fingerprint density at radius 3 is 2.63 bits per heavy atom. The molecular weight excluding hydrogens is 338 g/mol. The number of rotatable bonds is 11. The molecule has 0 radical (unpaired) electrons. The smallest absolute Gasteiger partial charge is 0.222 e. The van der Waals surface area contributed by atoms with Crippen molar-refractivity contribution in [2.24, 2.45) is 23.7 Å². The first-order valence-electron chi connectivity index (χ1n) is 11.2. The molecule has 156 valence electrons. The Labute approximate surface area is 166 Å². The van der Waals surface area contributed by atoms with E-state index in [1.165, 1.54) is 32.1 Å². The second-order valence-corrected chi connectivity index (χ2v) is 9.12. The summed E-state index contributed by atoms with van der Waals surface area (Å²) >= 11 is 0. The summed E-state index contributed by atoms with van der Waals surface area (Å²) in [5.41, 5.74) is 0. The maximum absolute atomic E-state index is 11.7. The lowest BCUT2D eigenvalue weighted by atomic mass is 9.89. The molecule has 4 heteroatoms. The van der Waals surface area contributed by atoms with Gasteiger partial charge in [0.15, 0.2) is 0 Å². The van der Waals surface area contributed by atoms with Crippen molar-refractivity contribution in [3.63, 3.8) is 0 Å². The topological polar surface area (TPSA) is 60.8 Å². The standard InChI is InChI=1S/C23H41NO3/c1-4-5-6-10-19(25)12-13-20-21-15-17(14-18(21)16-22(20)26)9-7-8-11-23(27)24(2)3/h12-13,17-22,25-26H,4-11,14-16H2,1-3H3/b13-12+/t17-,18+,19+,20-,21+,22-/m1/s1. The molecule has 27 heavy (non-hydrogen) atoms. The van der Waals surface area contributed by atoms with E-state index < -0.39 is 0 Å². The minimum atomic E-state index is -0.366. The van der Waals surface area contributed by atoms with Crippen LogP contribution >= 0.6 is 0 Å². The summed E-state index contributed by atoms with van der Waals surface area (Å²) < 4.78 is 0. The molecule has 2 N–H and O–H groups in total. The zero-order valence-corrected chi connectivity index (χ0v) is 17.6. The van der Waals surface area contributed by atoms with E-state index in [4.69, 9.17) is 0 Å². The van der Waals surface area contributed by atoms with Crippen LogP contribution in [0.4, 0.5) is 0 Å². The number of hydrogen-bond acceptors (Lipinski definition) is 3. The fourth-order valence-electron chi connectivity index (χ4n) is 5.17. The molecule has 0 aliphatic heterocycles. The number of carbonyl (C=O) groups excluding carboxylic acids is 1. The first kappa shape index (κ1) is 22.4. The monoisotopic (exact) mass is 379 g/mol. The Hall–Kier alpha value is -0.870. The van der Waals surface area contributed by atoms with Gasteiger partial charge in [0.25, 0.3) is 0 Å². The Balaban J connectivity index is 1.73. The van der Waals surface area contributed by atoms with Gasteiger partial charge in [-0.2, -0.15) is 0 Å². The van der Waals surface area contributed by atoms with E-state index in [2.05, 4.69) is 13.0 Å². The molecule has 1 amide bonds. The Bertz CT molecular complexity index is 476. The van der Waals surface area contributed by atoms with Crippen molar-refractivity contribution in [3.8, 4) is 0 Å². The summed E-state index contributed by atoms with van der Waals surface area (Å²) in [6, 6.07) is 0. The van der Waals surface area contributed by atoms with Gasteiger partial charge in [-0.1, -0.05) is 51.2 Å². The van der Waals surface area contributed by atoms with Gasteiger partial charge in [-0.3, -0.25) is 4.79 Å². The van der Waals surface area contributed by atoms with E-state index in [-0.39, 0.29) is 24.0 Å². The molecule has 0 aromatic heterocycles. The van der Waals surface area contributed by atoms with Crippen LogP contribution in [0.15, 0.2) is 12.2 Å². The van der Waals surface area contributed by atoms with Crippen molar-refractivity contribution in [2.45, 2.75) is 89.8 Å². The third-order valence-corrected chi connectivity index (χ3v) is 6.74. The Morgan fingerprint density at radius 1 is 1.15 bits per heavy atom. The maximum Gasteiger partial charge on any atom is 0.222 e. The molecule has 0 aromatic carbocycles. The number of unbranched alkanes of at least 4 members (excludes halogenated alkanes) is 3. The number of aliphatic hydroxyl groups is 2. The summed E-state index contributed by atoms with van der Waals surface area (Å²) in [4.78, 5) is 13.3. The second kappa shape index (κ2) is 11.2. The molecule has 2 rings (SSSR count). The number of amides is 1. The van der Waals surface area contributed by atoms with Gasteiger partial charge in [-0.05, 0) is 49.9 Å². The number of carbonyl (C=O) groups is 1. The quantitative estimate of drug-likeness (QED) is 0.419. The van der Waals surface area contributed by atoms with Crippen LogP contribution in [0.25, 0.3) is 0 Å². The highest BCUT2D eigenvalue weighted by Gasteiger charge is 2.46. The van der Waals surface area contributed by atoms with Gasteiger partial charge >= 0.3 is 0 Å². The fourth-order valence-corrected chi connectivity index (χ4v) is 5.17. The molecular formula is C23H41NO3. The summed E-state index contributed by atoms with van der Waals surface area (Å²) in [6.45, 7) is 2.17. The van der Waals surface area contributed by atoms with Crippen LogP contribution < -0.4 is 0 Å². The van der Waals surface area contributed by atoms with Crippen LogP contribution in [0.1, 0.15) is 77.6 Å². The lowest BCUT2D eigenvalue weighted by Gasteiger charge is -2.19. The SMILES string of the molecule is CCCCC[C@H](O)/C=C/[C@@H]1[C@H]2C[C@H](CCCCC(=O)N(C)C)C[C@H]2C[C@H]1O. The molecule has 0 unspecified atom stereocenters. The summed E-state index contributed by atoms with van der Waals surface area (Å²) in [6.07, 6.45) is 15.0. The normalized spacial score (nSPS) is 31.4. The maximum atomic E-state index is 11.7. The molecule has 6 atom stereocenters. The van der Waals surface area contributed by atoms with Crippen molar-refractivity contribution in [1.29, 1.82) is 0 Å². The first-order chi connectivity index (χ1) is 12.9. The third kappa shape index (κ3) is 6.90. The number of aliphatic hydroxyl groups excluding tert-OH is 2. The highest BCUT2D eigenvalue weighted by Crippen LogP contribution is 2.51. The van der Waals surface area contributed by atoms with Gasteiger partial charge < -0.3 is 15.1 Å². The van der Waals surface area contributed by atoms with Crippen molar-refractivity contribution in [3.05, 3.63) is 12.2 Å². The lowest BCUT2D eigenvalue weighted by molar-refractivity contribution is -0.128. The van der Waals surface area contributed by atoms with Gasteiger partial charge in [0.2, 0.25) is 5.91 Å². The Kier molecular flexibility index (Phi) is 9.31. The van der Waals surface area contributed by atoms with Crippen molar-refractivity contribution < 1.29 is 15.0 Å². The number of nitrogens with zero attached hydrogens (tertiary/aromatic N) is 1. The Morgan fingerprint density at radius 2 is 1.93 bits per heavy atom. The second-order valence-electron chi connectivity index (χ2n) is 9.12. The summed E-state index contributed by atoms with van der Waals surface area (Å²) in [5.74, 6) is 2.40. The zero-order chi connectivity index (χ0) is 19.8. The highest BCUT2D eigenvalue weighted by molar-refractivity contribution is 5.75. The molecule has 2 aliphatic rings. The average molecular weight is 380 g/mol. The van der Waals surface area contributed by atoms with Crippen LogP contribution in [0.5, 0.6) is 0 Å². The minimum Gasteiger partial charge on any atom is -0.392 e. The molecule has 4 nitrogen and oxygen atoms in total.